The molecule has 12 heavy (non-hydrogen) atoms. The summed E-state index contributed by atoms with van der Waals surface area (Å²) in [5.74, 6) is 0.487. The highest BCUT2D eigenvalue weighted by Gasteiger charge is 2.18. The lowest BCUT2D eigenvalue weighted by molar-refractivity contribution is 0.560. The summed E-state index contributed by atoms with van der Waals surface area (Å²) in [7, 11) is 0. The van der Waals surface area contributed by atoms with Crippen molar-refractivity contribution in [3.8, 4) is 0 Å². The van der Waals surface area contributed by atoms with Gasteiger partial charge in [-0.1, -0.05) is 20.8 Å². The first kappa shape index (κ1) is 8.97. The number of hydrogen-bond donors (Lipinski definition) is 1. The van der Waals surface area contributed by atoms with E-state index >= 15 is 0 Å². The molecular formula is C9H15N3. The largest absolute Gasteiger partial charge is 0.382 e. The first-order valence-corrected chi connectivity index (χ1v) is 4.01. The second-order valence-corrected chi connectivity index (χ2v) is 3.98. The third-order valence-corrected chi connectivity index (χ3v) is 1.68. The summed E-state index contributed by atoms with van der Waals surface area (Å²) in [5.41, 5.74) is 7.47. The van der Waals surface area contributed by atoms with E-state index in [1.165, 1.54) is 0 Å². The first-order chi connectivity index (χ1) is 5.41. The average molecular weight is 165 g/mol. The lowest BCUT2D eigenvalue weighted by atomic mass is 9.90. The minimum atomic E-state index is 0.0464. The summed E-state index contributed by atoms with van der Waals surface area (Å²) in [6.45, 7) is 8.27. The van der Waals surface area contributed by atoms with Crippen molar-refractivity contribution in [2.45, 2.75) is 33.1 Å². The lowest BCUT2D eigenvalue weighted by Gasteiger charge is -2.19. The molecule has 0 aliphatic carbocycles. The molecule has 0 aliphatic rings. The number of nitrogen functional groups attached to an aromatic ring is 1. The van der Waals surface area contributed by atoms with Crippen molar-refractivity contribution >= 4 is 5.82 Å². The summed E-state index contributed by atoms with van der Waals surface area (Å²) in [6.07, 6.45) is 1.60. The van der Waals surface area contributed by atoms with Crippen molar-refractivity contribution in [3.05, 3.63) is 17.6 Å². The minimum absolute atomic E-state index is 0.0464. The summed E-state index contributed by atoms with van der Waals surface area (Å²) in [4.78, 5) is 8.42. The standard InChI is InChI=1S/C9H15N3/c1-6-8(9(2,3)4)11-5-7(10)12-6/h5H,1-4H3,(H2,10,12). The first-order valence-electron chi connectivity index (χ1n) is 4.01. The maximum absolute atomic E-state index is 5.50. The van der Waals surface area contributed by atoms with Gasteiger partial charge in [-0.15, -0.1) is 0 Å². The Balaban J connectivity index is 3.19. The van der Waals surface area contributed by atoms with Gasteiger partial charge in [-0.05, 0) is 6.92 Å². The molecule has 0 aromatic carbocycles. The normalized spacial score (nSPS) is 11.7. The maximum atomic E-state index is 5.50. The van der Waals surface area contributed by atoms with E-state index in [1.807, 2.05) is 6.92 Å². The summed E-state index contributed by atoms with van der Waals surface area (Å²) >= 11 is 0. The van der Waals surface area contributed by atoms with Crippen LogP contribution in [0, 0.1) is 6.92 Å². The second-order valence-electron chi connectivity index (χ2n) is 3.98. The summed E-state index contributed by atoms with van der Waals surface area (Å²) in [5, 5.41) is 0. The van der Waals surface area contributed by atoms with Gasteiger partial charge in [0.2, 0.25) is 0 Å². The Bertz CT molecular complexity index is 286. The molecule has 0 bridgehead atoms. The van der Waals surface area contributed by atoms with Crippen molar-refractivity contribution < 1.29 is 0 Å². The van der Waals surface area contributed by atoms with Crippen LogP contribution >= 0.6 is 0 Å². The molecule has 1 rings (SSSR count). The van der Waals surface area contributed by atoms with Gasteiger partial charge in [-0.2, -0.15) is 0 Å². The summed E-state index contributed by atoms with van der Waals surface area (Å²) < 4.78 is 0. The van der Waals surface area contributed by atoms with Crippen molar-refractivity contribution in [2.75, 3.05) is 5.73 Å². The van der Waals surface area contributed by atoms with Gasteiger partial charge in [0.25, 0.3) is 0 Å². The quantitative estimate of drug-likeness (QED) is 0.636. The fourth-order valence-electron chi connectivity index (χ4n) is 1.24. The van der Waals surface area contributed by atoms with E-state index in [-0.39, 0.29) is 5.41 Å². The maximum Gasteiger partial charge on any atom is 0.142 e. The predicted molar refractivity (Wildman–Crippen MR) is 49.9 cm³/mol. The molecule has 0 unspecified atom stereocenters. The van der Waals surface area contributed by atoms with Crippen molar-refractivity contribution in [1.29, 1.82) is 0 Å². The van der Waals surface area contributed by atoms with Gasteiger partial charge in [0, 0.05) is 5.41 Å². The van der Waals surface area contributed by atoms with Gasteiger partial charge < -0.3 is 5.73 Å². The Kier molecular flexibility index (Phi) is 2.04. The van der Waals surface area contributed by atoms with E-state index in [2.05, 4.69) is 30.7 Å². The van der Waals surface area contributed by atoms with E-state index in [1.54, 1.807) is 6.20 Å². The Morgan fingerprint density at radius 1 is 1.33 bits per heavy atom. The molecule has 2 N–H and O–H groups in total. The molecule has 0 radical (unpaired) electrons. The number of anilines is 1. The lowest BCUT2D eigenvalue weighted by Crippen LogP contribution is -2.16. The smallest absolute Gasteiger partial charge is 0.142 e. The highest BCUT2D eigenvalue weighted by molar-refractivity contribution is 5.29. The molecule has 0 fully saturated rings. The Hall–Kier alpha value is -1.12. The molecule has 0 amide bonds. The monoisotopic (exact) mass is 165 g/mol. The molecule has 1 heterocycles. The van der Waals surface area contributed by atoms with Gasteiger partial charge in [-0.25, -0.2) is 4.98 Å². The topological polar surface area (TPSA) is 51.8 Å². The van der Waals surface area contributed by atoms with E-state index in [0.29, 0.717) is 5.82 Å². The van der Waals surface area contributed by atoms with Gasteiger partial charge >= 0.3 is 0 Å². The molecule has 3 nitrogen and oxygen atoms in total. The Morgan fingerprint density at radius 2 is 1.92 bits per heavy atom. The van der Waals surface area contributed by atoms with Crippen molar-refractivity contribution in [2.24, 2.45) is 0 Å². The van der Waals surface area contributed by atoms with Crippen LogP contribution in [0.1, 0.15) is 32.2 Å². The molecule has 1 aromatic rings. The third kappa shape index (κ3) is 1.72. The van der Waals surface area contributed by atoms with E-state index < -0.39 is 0 Å². The third-order valence-electron chi connectivity index (χ3n) is 1.68. The van der Waals surface area contributed by atoms with Crippen LogP contribution in [0.5, 0.6) is 0 Å². The van der Waals surface area contributed by atoms with Crippen LogP contribution in [-0.4, -0.2) is 9.97 Å². The van der Waals surface area contributed by atoms with Crippen molar-refractivity contribution in [1.82, 2.24) is 9.97 Å². The second kappa shape index (κ2) is 2.73. The molecule has 1 aromatic heterocycles. The Labute approximate surface area is 73.0 Å². The predicted octanol–water partition coefficient (Wildman–Crippen LogP) is 1.66. The van der Waals surface area contributed by atoms with Crippen LogP contribution in [0.15, 0.2) is 6.20 Å². The van der Waals surface area contributed by atoms with E-state index in [4.69, 9.17) is 5.73 Å². The molecule has 3 heteroatoms. The average Bonchev–Trinajstić information content (AvgIpc) is 1.83. The molecule has 0 aliphatic heterocycles. The van der Waals surface area contributed by atoms with Gasteiger partial charge in [0.1, 0.15) is 5.82 Å². The van der Waals surface area contributed by atoms with Gasteiger partial charge in [0.05, 0.1) is 17.6 Å². The van der Waals surface area contributed by atoms with Crippen LogP contribution in [0.25, 0.3) is 0 Å². The number of aryl methyl sites for hydroxylation is 1. The highest BCUT2D eigenvalue weighted by Crippen LogP contribution is 2.22. The molecule has 0 atom stereocenters. The molecule has 0 saturated heterocycles. The highest BCUT2D eigenvalue weighted by atomic mass is 14.9. The van der Waals surface area contributed by atoms with Crippen LogP contribution < -0.4 is 5.73 Å². The van der Waals surface area contributed by atoms with Crippen LogP contribution in [0.3, 0.4) is 0 Å². The summed E-state index contributed by atoms with van der Waals surface area (Å²) in [6, 6.07) is 0. The zero-order chi connectivity index (χ0) is 9.35. The van der Waals surface area contributed by atoms with Crippen LogP contribution in [0.4, 0.5) is 5.82 Å². The van der Waals surface area contributed by atoms with E-state index in [0.717, 1.165) is 11.4 Å². The van der Waals surface area contributed by atoms with Crippen LogP contribution in [0.2, 0.25) is 0 Å². The zero-order valence-electron chi connectivity index (χ0n) is 8.05. The minimum Gasteiger partial charge on any atom is -0.382 e. The molecule has 0 saturated carbocycles. The molecule has 66 valence electrons. The Morgan fingerprint density at radius 3 is 2.33 bits per heavy atom. The van der Waals surface area contributed by atoms with E-state index in [9.17, 15) is 0 Å². The number of hydrogen-bond acceptors (Lipinski definition) is 3. The number of nitrogens with two attached hydrogens (primary N) is 1. The number of rotatable bonds is 0. The fourth-order valence-corrected chi connectivity index (χ4v) is 1.24. The van der Waals surface area contributed by atoms with Gasteiger partial charge in [-0.3, -0.25) is 4.98 Å². The van der Waals surface area contributed by atoms with Gasteiger partial charge in [0.15, 0.2) is 0 Å². The van der Waals surface area contributed by atoms with Crippen LogP contribution in [-0.2, 0) is 5.41 Å². The SMILES string of the molecule is Cc1nc(N)cnc1C(C)(C)C. The van der Waals surface area contributed by atoms with Crippen molar-refractivity contribution in [3.63, 3.8) is 0 Å². The molecule has 0 spiro atoms. The molecular weight excluding hydrogens is 150 g/mol. The zero-order valence-corrected chi connectivity index (χ0v) is 8.05. The number of nitrogens with zero attached hydrogens (tertiary/aromatic N) is 2. The fraction of sp³-hybridized carbons (Fsp3) is 0.556. The number of aromatic nitrogens is 2.